The number of aromatic nitrogens is 1. The molecule has 2 unspecified atom stereocenters. The van der Waals surface area contributed by atoms with E-state index in [0.717, 1.165) is 0 Å². The first kappa shape index (κ1) is 18.1. The second-order valence-corrected chi connectivity index (χ2v) is 7.42. The molecule has 0 aliphatic carbocycles. The van der Waals surface area contributed by atoms with Crippen LogP contribution in [-0.4, -0.2) is 16.9 Å². The maximum absolute atomic E-state index is 12.7. The number of hydrogen-bond acceptors (Lipinski definition) is 2. The number of benzene rings is 2. The van der Waals surface area contributed by atoms with Crippen LogP contribution in [0.5, 0.6) is 0 Å². The smallest absolute Gasteiger partial charge is 0.188 e. The zero-order valence-electron chi connectivity index (χ0n) is 12.6. The van der Waals surface area contributed by atoms with Crippen molar-refractivity contribution in [2.45, 2.75) is 23.6 Å². The topological polar surface area (TPSA) is 59.3 Å². The van der Waals surface area contributed by atoms with E-state index in [1.54, 1.807) is 42.5 Å². The summed E-state index contributed by atoms with van der Waals surface area (Å²) in [6.45, 7) is 4.00. The van der Waals surface area contributed by atoms with Crippen LogP contribution in [0, 0.1) is 0 Å². The molecule has 2 aromatic carbocycles. The quantitative estimate of drug-likeness (QED) is 0.639. The number of halogens is 1. The van der Waals surface area contributed by atoms with Crippen molar-refractivity contribution in [3.8, 4) is 0 Å². The molecule has 23 heavy (non-hydrogen) atoms. The van der Waals surface area contributed by atoms with Crippen LogP contribution in [-0.2, 0) is 22.1 Å². The van der Waals surface area contributed by atoms with Crippen LogP contribution in [0.3, 0.4) is 0 Å². The first-order valence-corrected chi connectivity index (χ1v) is 9.98. The maximum atomic E-state index is 12.7. The summed E-state index contributed by atoms with van der Waals surface area (Å²) in [4.78, 5) is 0.867. The first-order chi connectivity index (χ1) is 11.1. The van der Waals surface area contributed by atoms with E-state index in [2.05, 4.69) is 15.9 Å². The van der Waals surface area contributed by atoms with E-state index in [-0.39, 0.29) is 4.90 Å². The Balaban J connectivity index is 0.000000924. The number of hydrogen-bond donors (Lipinski definition) is 1. The molecule has 3 rings (SSSR count). The zero-order valence-corrected chi connectivity index (χ0v) is 15.8. The van der Waals surface area contributed by atoms with Crippen LogP contribution < -0.4 is 0 Å². The minimum absolute atomic E-state index is 0.238. The number of fused-ring (bicyclic) bond motifs is 1. The average Bonchev–Trinajstić information content (AvgIpc) is 2.98. The lowest BCUT2D eigenvalue weighted by Crippen LogP contribution is -2.03. The molecule has 0 aliphatic rings. The maximum Gasteiger partial charge on any atom is 0.188 e. The highest BCUT2D eigenvalue weighted by atomic mass is 79.9. The Morgan fingerprint density at radius 2 is 1.65 bits per heavy atom. The fraction of sp³-hybridized carbons (Fsp3) is 0.125. The molecule has 1 aromatic heterocycles. The minimum Gasteiger partial charge on any atom is -0.302 e. The Labute approximate surface area is 148 Å². The minimum atomic E-state index is -2.15. The van der Waals surface area contributed by atoms with E-state index >= 15 is 0 Å². The summed E-state index contributed by atoms with van der Waals surface area (Å²) in [5.74, 6) is 0. The molecule has 0 amide bonds. The third-order valence-corrected chi connectivity index (χ3v) is 5.70. The van der Waals surface area contributed by atoms with Crippen LogP contribution in [0.4, 0.5) is 0 Å². The first-order valence-electron chi connectivity index (χ1n) is 6.97. The molecule has 0 aliphatic heterocycles. The Morgan fingerprint density at radius 1 is 1.00 bits per heavy atom. The summed E-state index contributed by atoms with van der Waals surface area (Å²) in [5, 5.41) is 0.600. The van der Waals surface area contributed by atoms with Gasteiger partial charge >= 0.3 is 0 Å². The number of nitrogens with zero attached hydrogens (tertiary/aromatic N) is 1. The van der Waals surface area contributed by atoms with Crippen molar-refractivity contribution in [2.75, 3.05) is 0 Å². The zero-order chi connectivity index (χ0) is 17.0. The van der Waals surface area contributed by atoms with Crippen LogP contribution in [0.25, 0.3) is 10.9 Å². The van der Waals surface area contributed by atoms with Crippen molar-refractivity contribution in [2.24, 2.45) is 0 Å². The SMILES string of the molecule is CC.O=S(O)c1cn(S(=O)c2ccccc2)c2cccc(Br)c12. The number of rotatable bonds is 3. The van der Waals surface area contributed by atoms with Gasteiger partial charge in [0.1, 0.15) is 0 Å². The predicted octanol–water partition coefficient (Wildman–Crippen LogP) is 4.58. The molecule has 0 fully saturated rings. The fourth-order valence-corrected chi connectivity index (χ4v) is 4.60. The van der Waals surface area contributed by atoms with Gasteiger partial charge in [0.05, 0.1) is 15.3 Å². The Kier molecular flexibility index (Phi) is 6.29. The van der Waals surface area contributed by atoms with Gasteiger partial charge in [-0.3, -0.25) is 3.97 Å². The van der Waals surface area contributed by atoms with Crippen molar-refractivity contribution in [3.05, 3.63) is 59.2 Å². The summed E-state index contributed by atoms with van der Waals surface area (Å²) in [6.07, 6.45) is 1.47. The monoisotopic (exact) mass is 413 g/mol. The van der Waals surface area contributed by atoms with E-state index in [1.807, 2.05) is 19.9 Å². The van der Waals surface area contributed by atoms with Gasteiger partial charge < -0.3 is 4.55 Å². The van der Waals surface area contributed by atoms with E-state index in [0.29, 0.717) is 20.3 Å². The lowest BCUT2D eigenvalue weighted by molar-refractivity contribution is 0.565. The van der Waals surface area contributed by atoms with Crippen molar-refractivity contribution < 1.29 is 13.0 Å². The molecule has 0 radical (unpaired) electrons. The molecule has 4 nitrogen and oxygen atoms in total. The van der Waals surface area contributed by atoms with E-state index < -0.39 is 22.1 Å². The van der Waals surface area contributed by atoms with Crippen LogP contribution in [0.1, 0.15) is 13.8 Å². The standard InChI is InChI=1S/C14H10BrNO3S2.C2H6/c15-11-7-4-8-12-14(11)13(21(18)19)9-16(12)20(17)10-5-2-1-3-6-10;1-2/h1-9H,(H,18,19);1-2H3. The summed E-state index contributed by atoms with van der Waals surface area (Å²) in [7, 11) is -1.48. The summed E-state index contributed by atoms with van der Waals surface area (Å²) < 4.78 is 35.9. The van der Waals surface area contributed by atoms with Crippen LogP contribution in [0.15, 0.2) is 69.0 Å². The van der Waals surface area contributed by atoms with Crippen molar-refractivity contribution in [3.63, 3.8) is 0 Å². The third kappa shape index (κ3) is 3.63. The normalized spacial score (nSPS) is 13.2. The molecule has 0 saturated heterocycles. The molecule has 1 heterocycles. The summed E-state index contributed by atoms with van der Waals surface area (Å²) in [5.41, 5.74) is 0.643. The highest BCUT2D eigenvalue weighted by molar-refractivity contribution is 9.10. The highest BCUT2D eigenvalue weighted by Crippen LogP contribution is 2.32. The van der Waals surface area contributed by atoms with Gasteiger partial charge in [-0.15, -0.1) is 0 Å². The molecular formula is C16H16BrNO3S2. The lowest BCUT2D eigenvalue weighted by atomic mass is 10.2. The van der Waals surface area contributed by atoms with Crippen LogP contribution >= 0.6 is 15.9 Å². The molecule has 1 N–H and O–H groups in total. The van der Waals surface area contributed by atoms with E-state index in [4.69, 9.17) is 0 Å². The fourth-order valence-electron chi connectivity index (χ4n) is 2.10. The van der Waals surface area contributed by atoms with Gasteiger partial charge in [0.25, 0.3) is 0 Å². The highest BCUT2D eigenvalue weighted by Gasteiger charge is 2.18. The average molecular weight is 414 g/mol. The van der Waals surface area contributed by atoms with Gasteiger partial charge in [0.2, 0.25) is 0 Å². The van der Waals surface area contributed by atoms with E-state index in [9.17, 15) is 13.0 Å². The molecular weight excluding hydrogens is 398 g/mol. The second kappa shape index (κ2) is 8.01. The molecule has 0 spiro atoms. The molecule has 7 heteroatoms. The third-order valence-electron chi connectivity index (χ3n) is 3.02. The van der Waals surface area contributed by atoms with E-state index in [1.165, 1.54) is 10.2 Å². The summed E-state index contributed by atoms with van der Waals surface area (Å²) in [6, 6.07) is 14.3. The van der Waals surface area contributed by atoms with Gasteiger partial charge in [-0.25, -0.2) is 8.42 Å². The van der Waals surface area contributed by atoms with Gasteiger partial charge in [-0.1, -0.05) is 54.0 Å². The molecule has 2 atom stereocenters. The Hall–Kier alpha value is -1.28. The van der Waals surface area contributed by atoms with Gasteiger partial charge in [-0.05, 0) is 24.3 Å². The molecule has 0 saturated carbocycles. The molecule has 122 valence electrons. The van der Waals surface area contributed by atoms with Gasteiger partial charge in [0.15, 0.2) is 22.1 Å². The van der Waals surface area contributed by atoms with Crippen molar-refractivity contribution in [1.82, 2.24) is 3.97 Å². The van der Waals surface area contributed by atoms with Gasteiger partial charge in [-0.2, -0.15) is 0 Å². The molecule has 0 bridgehead atoms. The van der Waals surface area contributed by atoms with Crippen molar-refractivity contribution in [1.29, 1.82) is 0 Å². The summed E-state index contributed by atoms with van der Waals surface area (Å²) >= 11 is 1.23. The predicted molar refractivity (Wildman–Crippen MR) is 98.3 cm³/mol. The lowest BCUT2D eigenvalue weighted by Gasteiger charge is -2.05. The largest absolute Gasteiger partial charge is 0.302 e. The Bertz CT molecular complexity index is 862. The van der Waals surface area contributed by atoms with Crippen molar-refractivity contribution >= 4 is 48.9 Å². The van der Waals surface area contributed by atoms with Gasteiger partial charge in [0, 0.05) is 16.1 Å². The van der Waals surface area contributed by atoms with Crippen LogP contribution in [0.2, 0.25) is 0 Å². The second-order valence-electron chi connectivity index (χ2n) is 4.26. The molecule has 3 aromatic rings. The Morgan fingerprint density at radius 3 is 2.26 bits per heavy atom.